The quantitative estimate of drug-likeness (QED) is 0.629. The number of fused-ring (bicyclic) bond motifs is 1. The van der Waals surface area contributed by atoms with Crippen LogP contribution in [0.4, 0.5) is 5.95 Å². The predicted molar refractivity (Wildman–Crippen MR) is 115 cm³/mol. The molecule has 31 heavy (non-hydrogen) atoms. The number of nitrogens with two attached hydrogens (primary N) is 1. The van der Waals surface area contributed by atoms with Crippen molar-refractivity contribution in [1.29, 1.82) is 0 Å². The number of nitrogens with one attached hydrogen (secondary N) is 1. The first-order valence-electron chi connectivity index (χ1n) is 9.57. The van der Waals surface area contributed by atoms with Gasteiger partial charge < -0.3 is 25.3 Å². The van der Waals surface area contributed by atoms with Gasteiger partial charge in [-0.3, -0.25) is 4.79 Å². The lowest BCUT2D eigenvalue weighted by Crippen LogP contribution is -2.31. The van der Waals surface area contributed by atoms with Crippen LogP contribution >= 0.6 is 0 Å². The third-order valence-electron chi connectivity index (χ3n) is 5.17. The summed E-state index contributed by atoms with van der Waals surface area (Å²) in [7, 11) is 4.73. The van der Waals surface area contributed by atoms with Crippen LogP contribution in [0.5, 0.6) is 17.2 Å². The Bertz CT molecular complexity index is 1180. The highest BCUT2D eigenvalue weighted by Gasteiger charge is 2.34. The summed E-state index contributed by atoms with van der Waals surface area (Å²) >= 11 is 0. The van der Waals surface area contributed by atoms with Gasteiger partial charge in [0.05, 0.1) is 26.9 Å². The molecule has 1 aromatic heterocycles. The fraction of sp³-hybridized carbons (Fsp3) is 0.227. The van der Waals surface area contributed by atoms with E-state index in [0.29, 0.717) is 40.3 Å². The van der Waals surface area contributed by atoms with Gasteiger partial charge in [0, 0.05) is 11.3 Å². The largest absolute Gasteiger partial charge is 0.497 e. The number of methoxy groups -OCH3 is 3. The van der Waals surface area contributed by atoms with Gasteiger partial charge in [-0.15, -0.1) is 5.10 Å². The van der Waals surface area contributed by atoms with Gasteiger partial charge in [-0.25, -0.2) is 4.68 Å². The summed E-state index contributed by atoms with van der Waals surface area (Å²) in [5.41, 5.74) is 8.30. The zero-order chi connectivity index (χ0) is 22.1. The molecule has 160 valence electrons. The fourth-order valence-electron chi connectivity index (χ4n) is 3.69. The number of hydrogen-bond acceptors (Lipinski definition) is 7. The van der Waals surface area contributed by atoms with E-state index in [1.807, 2.05) is 36.4 Å². The van der Waals surface area contributed by atoms with Gasteiger partial charge in [-0.1, -0.05) is 18.2 Å². The number of amides is 1. The van der Waals surface area contributed by atoms with Gasteiger partial charge in [0.25, 0.3) is 0 Å². The van der Waals surface area contributed by atoms with Gasteiger partial charge in [0.15, 0.2) is 17.3 Å². The Balaban J connectivity index is 1.87. The SMILES string of the molecule is COc1cccc(-c2nc3n(n2)[C@@H](c2ccc(OC)c(OC)c2)C(C(N)=O)=C(C)N3)c1. The van der Waals surface area contributed by atoms with E-state index in [1.54, 1.807) is 39.0 Å². The summed E-state index contributed by atoms with van der Waals surface area (Å²) in [6.45, 7) is 1.79. The summed E-state index contributed by atoms with van der Waals surface area (Å²) in [5, 5.41) is 7.83. The fourth-order valence-corrected chi connectivity index (χ4v) is 3.69. The van der Waals surface area contributed by atoms with Crippen LogP contribution in [0, 0.1) is 0 Å². The molecule has 2 heterocycles. The van der Waals surface area contributed by atoms with E-state index < -0.39 is 11.9 Å². The topological polar surface area (TPSA) is 114 Å². The minimum absolute atomic E-state index is 0.391. The minimum atomic E-state index is -0.583. The van der Waals surface area contributed by atoms with Gasteiger partial charge in [0.2, 0.25) is 11.9 Å². The van der Waals surface area contributed by atoms with Crippen LogP contribution in [0.25, 0.3) is 11.4 Å². The van der Waals surface area contributed by atoms with Crippen molar-refractivity contribution >= 4 is 11.9 Å². The molecule has 0 aliphatic carbocycles. The molecule has 1 aliphatic heterocycles. The van der Waals surface area contributed by atoms with Gasteiger partial charge >= 0.3 is 0 Å². The number of benzene rings is 2. The predicted octanol–water partition coefficient (Wildman–Crippen LogP) is 2.75. The molecule has 3 N–H and O–H groups in total. The third-order valence-corrected chi connectivity index (χ3v) is 5.17. The van der Waals surface area contributed by atoms with Gasteiger partial charge in [-0.2, -0.15) is 4.98 Å². The summed E-state index contributed by atoms with van der Waals surface area (Å²) in [4.78, 5) is 17.0. The van der Waals surface area contributed by atoms with E-state index in [-0.39, 0.29) is 0 Å². The highest BCUT2D eigenvalue weighted by molar-refractivity contribution is 5.95. The number of nitrogens with zero attached hydrogens (tertiary/aromatic N) is 3. The van der Waals surface area contributed by atoms with Crippen molar-refractivity contribution in [2.75, 3.05) is 26.6 Å². The second-order valence-electron chi connectivity index (χ2n) is 6.98. The Morgan fingerprint density at radius 1 is 1.06 bits per heavy atom. The average Bonchev–Trinajstić information content (AvgIpc) is 3.21. The van der Waals surface area contributed by atoms with Crippen LogP contribution in [-0.2, 0) is 4.79 Å². The maximum Gasteiger partial charge on any atom is 0.248 e. The molecular formula is C22H23N5O4. The van der Waals surface area contributed by atoms with Crippen molar-refractivity contribution in [3.05, 3.63) is 59.3 Å². The number of anilines is 1. The first-order chi connectivity index (χ1) is 15.0. The molecule has 0 fully saturated rings. The molecule has 9 heteroatoms. The average molecular weight is 421 g/mol. The first kappa shape index (κ1) is 20.3. The number of carbonyl (C=O) groups excluding carboxylic acids is 1. The Morgan fingerprint density at radius 2 is 1.84 bits per heavy atom. The number of aromatic nitrogens is 3. The lowest BCUT2D eigenvalue weighted by Gasteiger charge is -2.28. The molecule has 0 unspecified atom stereocenters. The summed E-state index contributed by atoms with van der Waals surface area (Å²) in [6, 6.07) is 12.3. The lowest BCUT2D eigenvalue weighted by molar-refractivity contribution is -0.115. The second-order valence-corrected chi connectivity index (χ2v) is 6.98. The standard InChI is InChI=1S/C22H23N5O4/c1-12-18(20(23)28)19(13-8-9-16(30-3)17(11-13)31-4)27-22(24-12)25-21(26-27)14-6-5-7-15(10-14)29-2/h5-11,19H,1-4H3,(H2,23,28)(H,24,25,26)/t19-/m0/s1. The van der Waals surface area contributed by atoms with Crippen LogP contribution in [0.15, 0.2) is 53.7 Å². The Morgan fingerprint density at radius 3 is 2.52 bits per heavy atom. The Labute approximate surface area is 179 Å². The Hall–Kier alpha value is -4.01. The van der Waals surface area contributed by atoms with E-state index in [4.69, 9.17) is 25.0 Å². The monoisotopic (exact) mass is 421 g/mol. The molecule has 3 aromatic rings. The van der Waals surface area contributed by atoms with Gasteiger partial charge in [-0.05, 0) is 36.8 Å². The molecule has 1 aliphatic rings. The number of allylic oxidation sites excluding steroid dienone is 1. The molecule has 0 saturated carbocycles. The van der Waals surface area contributed by atoms with Crippen molar-refractivity contribution in [1.82, 2.24) is 14.8 Å². The summed E-state index contributed by atoms with van der Waals surface area (Å²) in [6.07, 6.45) is 0. The molecule has 0 bridgehead atoms. The van der Waals surface area contributed by atoms with Crippen molar-refractivity contribution in [3.63, 3.8) is 0 Å². The maximum atomic E-state index is 12.4. The number of primary amides is 1. The number of rotatable bonds is 6. The molecular weight excluding hydrogens is 398 g/mol. The third kappa shape index (κ3) is 3.54. The molecule has 1 atom stereocenters. The second kappa shape index (κ2) is 8.02. The first-order valence-corrected chi connectivity index (χ1v) is 9.57. The van der Waals surface area contributed by atoms with Crippen molar-refractivity contribution in [2.45, 2.75) is 13.0 Å². The molecule has 9 nitrogen and oxygen atoms in total. The Kier molecular flexibility index (Phi) is 5.24. The maximum absolute atomic E-state index is 12.4. The van der Waals surface area contributed by atoms with Crippen LogP contribution in [0.1, 0.15) is 18.5 Å². The van der Waals surface area contributed by atoms with Gasteiger partial charge in [0.1, 0.15) is 11.8 Å². The van der Waals surface area contributed by atoms with E-state index in [9.17, 15) is 4.79 Å². The van der Waals surface area contributed by atoms with Crippen molar-refractivity contribution in [2.24, 2.45) is 5.73 Å². The number of ether oxygens (including phenoxy) is 3. The normalized spacial score (nSPS) is 15.2. The van der Waals surface area contributed by atoms with Crippen molar-refractivity contribution < 1.29 is 19.0 Å². The molecule has 2 aromatic carbocycles. The van der Waals surface area contributed by atoms with Crippen LogP contribution in [0.3, 0.4) is 0 Å². The summed E-state index contributed by atoms with van der Waals surface area (Å²) < 4.78 is 17.8. The highest BCUT2D eigenvalue weighted by atomic mass is 16.5. The van der Waals surface area contributed by atoms with E-state index in [2.05, 4.69) is 10.3 Å². The minimum Gasteiger partial charge on any atom is -0.497 e. The summed E-state index contributed by atoms with van der Waals surface area (Å²) in [5.74, 6) is 2.26. The van der Waals surface area contributed by atoms with E-state index in [1.165, 1.54) is 0 Å². The van der Waals surface area contributed by atoms with Crippen LogP contribution in [0.2, 0.25) is 0 Å². The highest BCUT2D eigenvalue weighted by Crippen LogP contribution is 2.39. The van der Waals surface area contributed by atoms with Crippen LogP contribution in [-0.4, -0.2) is 42.0 Å². The molecule has 1 amide bonds. The number of hydrogen-bond donors (Lipinski definition) is 2. The molecule has 4 rings (SSSR count). The molecule has 0 saturated heterocycles. The van der Waals surface area contributed by atoms with E-state index >= 15 is 0 Å². The van der Waals surface area contributed by atoms with Crippen molar-refractivity contribution in [3.8, 4) is 28.6 Å². The lowest BCUT2D eigenvalue weighted by atomic mass is 9.95. The zero-order valence-corrected chi connectivity index (χ0v) is 17.7. The van der Waals surface area contributed by atoms with E-state index in [0.717, 1.165) is 11.1 Å². The zero-order valence-electron chi connectivity index (χ0n) is 17.7. The molecule has 0 spiro atoms. The number of carbonyl (C=O) groups is 1. The van der Waals surface area contributed by atoms with Crippen LogP contribution < -0.4 is 25.3 Å². The smallest absolute Gasteiger partial charge is 0.248 e. The molecule has 0 radical (unpaired) electrons.